The lowest BCUT2D eigenvalue weighted by Crippen LogP contribution is -2.33. The summed E-state index contributed by atoms with van der Waals surface area (Å²) in [5.41, 5.74) is 1.53. The smallest absolute Gasteiger partial charge is 0.00922 e. The summed E-state index contributed by atoms with van der Waals surface area (Å²) in [6.07, 6.45) is 6.22. The highest BCUT2D eigenvalue weighted by molar-refractivity contribution is 5.00. The zero-order chi connectivity index (χ0) is 13.4. The maximum atomic E-state index is 2.49. The summed E-state index contributed by atoms with van der Waals surface area (Å²) in [5.74, 6) is 1.48. The van der Waals surface area contributed by atoms with E-state index >= 15 is 0 Å². The zero-order valence-electron chi connectivity index (χ0n) is 13.1. The van der Waals surface area contributed by atoms with Crippen molar-refractivity contribution >= 4 is 0 Å². The fraction of sp³-hybridized carbons (Fsp3) is 0.875. The molecule has 0 saturated carbocycles. The number of hydrogen-bond acceptors (Lipinski definition) is 1. The number of rotatable bonds is 8. The van der Waals surface area contributed by atoms with E-state index in [-0.39, 0.29) is 0 Å². The number of hydrogen-bond donors (Lipinski definition) is 0. The molecule has 1 nitrogen and oxygen atoms in total. The van der Waals surface area contributed by atoms with E-state index in [1.54, 1.807) is 0 Å². The van der Waals surface area contributed by atoms with Crippen LogP contribution in [0, 0.1) is 11.8 Å². The highest BCUT2D eigenvalue weighted by Gasteiger charge is 2.18. The Morgan fingerprint density at radius 1 is 1.18 bits per heavy atom. The van der Waals surface area contributed by atoms with Crippen LogP contribution < -0.4 is 0 Å². The molecular formula is C16H33N. The molecule has 3 unspecified atom stereocenters. The van der Waals surface area contributed by atoms with Gasteiger partial charge in [0, 0.05) is 6.04 Å². The Labute approximate surface area is 109 Å². The second-order valence-electron chi connectivity index (χ2n) is 5.57. The van der Waals surface area contributed by atoms with Crippen molar-refractivity contribution in [1.29, 1.82) is 0 Å². The van der Waals surface area contributed by atoms with Crippen LogP contribution in [-0.2, 0) is 0 Å². The van der Waals surface area contributed by atoms with E-state index in [1.807, 2.05) is 0 Å². The van der Waals surface area contributed by atoms with Crippen molar-refractivity contribution in [2.75, 3.05) is 13.6 Å². The average Bonchev–Trinajstić information content (AvgIpc) is 2.34. The second kappa shape index (κ2) is 8.74. The minimum Gasteiger partial charge on any atom is -0.304 e. The van der Waals surface area contributed by atoms with Crippen molar-refractivity contribution in [1.82, 2.24) is 4.90 Å². The number of allylic oxidation sites excluding steroid dienone is 2. The van der Waals surface area contributed by atoms with Crippen LogP contribution in [0.15, 0.2) is 11.6 Å². The van der Waals surface area contributed by atoms with Crippen LogP contribution in [0.1, 0.15) is 60.8 Å². The van der Waals surface area contributed by atoms with Gasteiger partial charge in [0.15, 0.2) is 0 Å². The summed E-state index contributed by atoms with van der Waals surface area (Å²) in [4.78, 5) is 2.49. The monoisotopic (exact) mass is 239 g/mol. The van der Waals surface area contributed by atoms with Gasteiger partial charge in [-0.05, 0) is 51.6 Å². The molecule has 0 N–H and O–H groups in total. The van der Waals surface area contributed by atoms with Gasteiger partial charge >= 0.3 is 0 Å². The van der Waals surface area contributed by atoms with Crippen LogP contribution in [0.5, 0.6) is 0 Å². The summed E-state index contributed by atoms with van der Waals surface area (Å²) >= 11 is 0. The van der Waals surface area contributed by atoms with Crippen LogP contribution in [0.25, 0.3) is 0 Å². The summed E-state index contributed by atoms with van der Waals surface area (Å²) in [7, 11) is 2.25. The standard InChI is InChI=1S/C16H33N/c1-8-13(4)11-14(5)15(6)12-16(9-2)17(7)10-3/h11,14-16H,8-10,12H2,1-7H3/b13-11-. The van der Waals surface area contributed by atoms with E-state index in [4.69, 9.17) is 0 Å². The molecule has 0 aromatic carbocycles. The molecular weight excluding hydrogens is 206 g/mol. The first-order chi connectivity index (χ1) is 7.96. The molecule has 0 aliphatic carbocycles. The van der Waals surface area contributed by atoms with E-state index in [1.165, 1.54) is 24.8 Å². The van der Waals surface area contributed by atoms with E-state index < -0.39 is 0 Å². The Hall–Kier alpha value is -0.300. The van der Waals surface area contributed by atoms with Gasteiger partial charge in [0.1, 0.15) is 0 Å². The van der Waals surface area contributed by atoms with E-state index in [2.05, 4.69) is 59.6 Å². The van der Waals surface area contributed by atoms with Gasteiger partial charge in [-0.3, -0.25) is 0 Å². The average molecular weight is 239 g/mol. The molecule has 0 fully saturated rings. The van der Waals surface area contributed by atoms with Gasteiger partial charge in [0.05, 0.1) is 0 Å². The molecule has 0 spiro atoms. The Kier molecular flexibility index (Phi) is 8.59. The normalized spacial score (nSPS) is 18.2. The molecule has 102 valence electrons. The Bertz CT molecular complexity index is 220. The van der Waals surface area contributed by atoms with Gasteiger partial charge < -0.3 is 4.90 Å². The largest absolute Gasteiger partial charge is 0.304 e. The Morgan fingerprint density at radius 3 is 2.18 bits per heavy atom. The van der Waals surface area contributed by atoms with Crippen molar-refractivity contribution in [3.05, 3.63) is 11.6 Å². The third kappa shape index (κ3) is 6.26. The summed E-state index contributed by atoms with van der Waals surface area (Å²) in [6.45, 7) is 15.0. The topological polar surface area (TPSA) is 3.24 Å². The molecule has 0 aliphatic heterocycles. The molecule has 0 aliphatic rings. The first kappa shape index (κ1) is 16.7. The fourth-order valence-electron chi connectivity index (χ4n) is 2.29. The van der Waals surface area contributed by atoms with Gasteiger partial charge in [-0.1, -0.05) is 46.3 Å². The van der Waals surface area contributed by atoms with Crippen LogP contribution in [0.2, 0.25) is 0 Å². The van der Waals surface area contributed by atoms with Crippen molar-refractivity contribution in [3.63, 3.8) is 0 Å². The molecule has 17 heavy (non-hydrogen) atoms. The summed E-state index contributed by atoms with van der Waals surface area (Å²) in [6, 6.07) is 0.743. The maximum Gasteiger partial charge on any atom is 0.00922 e. The predicted octanol–water partition coefficient (Wildman–Crippen LogP) is 4.74. The van der Waals surface area contributed by atoms with E-state index in [9.17, 15) is 0 Å². The van der Waals surface area contributed by atoms with E-state index in [0.717, 1.165) is 18.5 Å². The number of nitrogens with zero attached hydrogens (tertiary/aromatic N) is 1. The highest BCUT2D eigenvalue weighted by atomic mass is 15.1. The SMILES string of the molecule is CC/C(C)=C\C(C)C(C)CC(CC)N(C)CC. The lowest BCUT2D eigenvalue weighted by molar-refractivity contribution is 0.201. The van der Waals surface area contributed by atoms with Gasteiger partial charge in [0.2, 0.25) is 0 Å². The molecule has 0 heterocycles. The van der Waals surface area contributed by atoms with Crippen molar-refractivity contribution in [2.24, 2.45) is 11.8 Å². The Morgan fingerprint density at radius 2 is 1.76 bits per heavy atom. The Balaban J connectivity index is 4.35. The van der Waals surface area contributed by atoms with Gasteiger partial charge in [-0.15, -0.1) is 0 Å². The predicted molar refractivity (Wildman–Crippen MR) is 79.4 cm³/mol. The van der Waals surface area contributed by atoms with Gasteiger partial charge in [-0.25, -0.2) is 0 Å². The van der Waals surface area contributed by atoms with Crippen LogP contribution in [0.3, 0.4) is 0 Å². The molecule has 0 bridgehead atoms. The highest BCUT2D eigenvalue weighted by Crippen LogP contribution is 2.23. The molecule has 0 aromatic heterocycles. The maximum absolute atomic E-state index is 2.49. The minimum atomic E-state index is 0.703. The molecule has 3 atom stereocenters. The lowest BCUT2D eigenvalue weighted by Gasteiger charge is -2.30. The fourth-order valence-corrected chi connectivity index (χ4v) is 2.29. The summed E-state index contributed by atoms with van der Waals surface area (Å²) < 4.78 is 0. The third-order valence-electron chi connectivity index (χ3n) is 4.24. The first-order valence-electron chi connectivity index (χ1n) is 7.33. The van der Waals surface area contributed by atoms with Crippen LogP contribution >= 0.6 is 0 Å². The minimum absolute atomic E-state index is 0.703. The van der Waals surface area contributed by atoms with Crippen molar-refractivity contribution in [3.8, 4) is 0 Å². The van der Waals surface area contributed by atoms with Crippen molar-refractivity contribution < 1.29 is 0 Å². The summed E-state index contributed by atoms with van der Waals surface area (Å²) in [5, 5.41) is 0. The molecule has 1 heteroatoms. The molecule has 0 amide bonds. The molecule has 0 rings (SSSR count). The van der Waals surface area contributed by atoms with Gasteiger partial charge in [-0.2, -0.15) is 0 Å². The van der Waals surface area contributed by atoms with Crippen molar-refractivity contribution in [2.45, 2.75) is 66.8 Å². The van der Waals surface area contributed by atoms with Gasteiger partial charge in [0.25, 0.3) is 0 Å². The molecule has 0 saturated heterocycles. The molecule has 0 radical (unpaired) electrons. The van der Waals surface area contributed by atoms with Crippen LogP contribution in [-0.4, -0.2) is 24.5 Å². The molecule has 0 aromatic rings. The van der Waals surface area contributed by atoms with Crippen LogP contribution in [0.4, 0.5) is 0 Å². The first-order valence-corrected chi connectivity index (χ1v) is 7.33. The second-order valence-corrected chi connectivity index (χ2v) is 5.57. The lowest BCUT2D eigenvalue weighted by atomic mass is 9.87. The zero-order valence-corrected chi connectivity index (χ0v) is 13.1. The third-order valence-corrected chi connectivity index (χ3v) is 4.24. The quantitative estimate of drug-likeness (QED) is 0.553. The van der Waals surface area contributed by atoms with E-state index in [0.29, 0.717) is 5.92 Å².